The molecule has 0 aliphatic carbocycles. The molecule has 214 valence electrons. The van der Waals surface area contributed by atoms with Crippen molar-refractivity contribution >= 4 is 27.1 Å². The van der Waals surface area contributed by atoms with E-state index < -0.39 is 0 Å². The molecule has 5 nitrogen and oxygen atoms in total. The normalized spacial score (nSPS) is 15.9. The lowest BCUT2D eigenvalue weighted by Gasteiger charge is -2.17. The molecule has 6 rings (SSSR count). The molecule has 0 unspecified atom stereocenters. The van der Waals surface area contributed by atoms with E-state index in [4.69, 9.17) is 9.47 Å². The smallest absolute Gasteiger partial charge is 0.142 e. The van der Waals surface area contributed by atoms with Gasteiger partial charge < -0.3 is 14.8 Å². The third kappa shape index (κ3) is 6.95. The van der Waals surface area contributed by atoms with E-state index in [9.17, 15) is 0 Å². The first-order valence-electron chi connectivity index (χ1n) is 15.1. The number of rotatable bonds is 13. The Kier molecular flexibility index (Phi) is 9.21. The van der Waals surface area contributed by atoms with Gasteiger partial charge in [0.1, 0.15) is 24.7 Å². The molecule has 0 radical (unpaired) electrons. The highest BCUT2D eigenvalue weighted by Crippen LogP contribution is 2.41. The van der Waals surface area contributed by atoms with Crippen LogP contribution in [0.2, 0.25) is 0 Å². The van der Waals surface area contributed by atoms with Gasteiger partial charge in [-0.1, -0.05) is 30.8 Å². The lowest BCUT2D eigenvalue weighted by atomic mass is 9.98. The topological polar surface area (TPSA) is 37.0 Å². The van der Waals surface area contributed by atoms with Gasteiger partial charge in [-0.2, -0.15) is 0 Å². The third-order valence-corrected chi connectivity index (χ3v) is 9.50. The number of nitrogens with zero attached hydrogens (tertiary/aromatic N) is 2. The van der Waals surface area contributed by atoms with Gasteiger partial charge in [0.2, 0.25) is 0 Å². The van der Waals surface area contributed by atoms with E-state index in [1.54, 1.807) is 6.20 Å². The highest BCUT2D eigenvalue weighted by molar-refractivity contribution is 7.22. The van der Waals surface area contributed by atoms with E-state index in [1.807, 2.05) is 11.3 Å². The zero-order valence-electron chi connectivity index (χ0n) is 23.9. The lowest BCUT2D eigenvalue weighted by Crippen LogP contribution is -2.25. The van der Waals surface area contributed by atoms with Gasteiger partial charge in [0.05, 0.1) is 5.69 Å². The summed E-state index contributed by atoms with van der Waals surface area (Å²) in [6.07, 6.45) is 7.80. The summed E-state index contributed by atoms with van der Waals surface area (Å²) >= 11 is 1.87. The molecule has 4 aromatic rings. The summed E-state index contributed by atoms with van der Waals surface area (Å²) in [6, 6.07) is 23.9. The Bertz CT molecular complexity index is 1440. The quantitative estimate of drug-likeness (QED) is 0.179. The first-order valence-corrected chi connectivity index (χ1v) is 15.9. The number of anilines is 1. The molecule has 6 heteroatoms. The molecular weight excluding hydrogens is 526 g/mol. The minimum Gasteiger partial charge on any atom is -0.492 e. The highest BCUT2D eigenvalue weighted by atomic mass is 32.1. The number of hydrogen-bond donors (Lipinski definition) is 1. The summed E-state index contributed by atoms with van der Waals surface area (Å²) in [6.45, 7) is 12.1. The van der Waals surface area contributed by atoms with Crippen molar-refractivity contribution < 1.29 is 9.47 Å². The van der Waals surface area contributed by atoms with Crippen LogP contribution < -0.4 is 14.8 Å². The van der Waals surface area contributed by atoms with Gasteiger partial charge >= 0.3 is 0 Å². The van der Waals surface area contributed by atoms with Gasteiger partial charge in [-0.25, -0.2) is 0 Å². The molecule has 1 aromatic heterocycles. The van der Waals surface area contributed by atoms with Gasteiger partial charge in [0.15, 0.2) is 0 Å². The van der Waals surface area contributed by atoms with E-state index in [0.29, 0.717) is 6.61 Å². The molecular formula is C35H41N3O2S. The molecule has 0 saturated carbocycles. The molecule has 41 heavy (non-hydrogen) atoms. The second kappa shape index (κ2) is 13.6. The van der Waals surface area contributed by atoms with Crippen LogP contribution in [0.5, 0.6) is 11.5 Å². The number of hydrogen-bond acceptors (Lipinski definition) is 6. The minimum absolute atomic E-state index is 0.697. The van der Waals surface area contributed by atoms with Crippen molar-refractivity contribution in [2.24, 2.45) is 0 Å². The summed E-state index contributed by atoms with van der Waals surface area (Å²) in [5, 5.41) is 4.63. The Balaban J connectivity index is 1.19. The molecule has 2 fully saturated rings. The van der Waals surface area contributed by atoms with Crippen molar-refractivity contribution in [3.8, 4) is 21.9 Å². The van der Waals surface area contributed by atoms with Gasteiger partial charge in [0.25, 0.3) is 0 Å². The molecule has 0 atom stereocenters. The SMILES string of the molecule is C=CNc1cc(Cc2c(-c3ccc(OCCN4CCCC4)cc3)sc3ccccc23)ccc1OCCN1CCCC1. The second-order valence-corrected chi connectivity index (χ2v) is 12.1. The molecule has 0 spiro atoms. The summed E-state index contributed by atoms with van der Waals surface area (Å²) in [4.78, 5) is 6.28. The number of fused-ring (bicyclic) bond motifs is 1. The molecule has 0 amide bonds. The number of thiophene rings is 1. The van der Waals surface area contributed by atoms with Crippen molar-refractivity contribution in [2.45, 2.75) is 32.1 Å². The monoisotopic (exact) mass is 567 g/mol. The van der Waals surface area contributed by atoms with Crippen LogP contribution >= 0.6 is 11.3 Å². The number of likely N-dealkylation sites (tertiary alicyclic amines) is 2. The Labute approximate surface area is 248 Å². The van der Waals surface area contributed by atoms with Crippen LogP contribution in [-0.4, -0.2) is 62.3 Å². The first-order chi connectivity index (χ1) is 20.3. The Morgan fingerprint density at radius 3 is 2.20 bits per heavy atom. The second-order valence-electron chi connectivity index (χ2n) is 11.1. The van der Waals surface area contributed by atoms with Gasteiger partial charge in [-0.15, -0.1) is 11.3 Å². The van der Waals surface area contributed by atoms with E-state index in [0.717, 1.165) is 43.3 Å². The standard InChI is InChI=1S/C35H41N3O2S/c1-2-36-32-26-27(11-16-33(32)40-24-22-38-19-7-8-20-38)25-31-30-9-3-4-10-34(30)41-35(31)28-12-14-29(15-13-28)39-23-21-37-17-5-6-18-37/h2-4,9-16,26,36H,1,5-8,17-25H2. The maximum Gasteiger partial charge on any atom is 0.142 e. The van der Waals surface area contributed by atoms with Crippen LogP contribution in [0.25, 0.3) is 20.5 Å². The molecule has 3 aromatic carbocycles. The average Bonchev–Trinajstić information content (AvgIpc) is 3.78. The number of nitrogens with one attached hydrogen (secondary N) is 1. The van der Waals surface area contributed by atoms with Crippen molar-refractivity contribution in [1.82, 2.24) is 9.80 Å². The Morgan fingerprint density at radius 2 is 1.49 bits per heavy atom. The fraction of sp³-hybridized carbons (Fsp3) is 0.371. The van der Waals surface area contributed by atoms with Gasteiger partial charge in [0, 0.05) is 22.7 Å². The van der Waals surface area contributed by atoms with Crippen LogP contribution in [0.4, 0.5) is 5.69 Å². The van der Waals surface area contributed by atoms with Crippen LogP contribution in [0, 0.1) is 0 Å². The van der Waals surface area contributed by atoms with Crippen LogP contribution in [0.15, 0.2) is 79.5 Å². The van der Waals surface area contributed by atoms with Crippen LogP contribution in [0.3, 0.4) is 0 Å². The zero-order chi connectivity index (χ0) is 27.9. The van der Waals surface area contributed by atoms with E-state index >= 15 is 0 Å². The van der Waals surface area contributed by atoms with E-state index in [2.05, 4.69) is 88.4 Å². The molecule has 2 aliphatic heterocycles. The molecule has 2 aliphatic rings. The highest BCUT2D eigenvalue weighted by Gasteiger charge is 2.17. The van der Waals surface area contributed by atoms with Crippen molar-refractivity contribution in [1.29, 1.82) is 0 Å². The maximum absolute atomic E-state index is 6.21. The van der Waals surface area contributed by atoms with Crippen molar-refractivity contribution in [3.05, 3.63) is 90.6 Å². The number of benzene rings is 3. The molecule has 3 heterocycles. The van der Waals surface area contributed by atoms with Gasteiger partial charge in [-0.3, -0.25) is 9.80 Å². The predicted molar refractivity (Wildman–Crippen MR) is 173 cm³/mol. The minimum atomic E-state index is 0.697. The average molecular weight is 568 g/mol. The fourth-order valence-corrected chi connectivity index (χ4v) is 7.27. The summed E-state index contributed by atoms with van der Waals surface area (Å²) in [5.74, 6) is 1.82. The van der Waals surface area contributed by atoms with Crippen molar-refractivity contribution in [2.75, 3.05) is 57.8 Å². The van der Waals surface area contributed by atoms with E-state index in [1.165, 1.54) is 83.5 Å². The molecule has 1 N–H and O–H groups in total. The first kappa shape index (κ1) is 27.8. The Hall–Kier alpha value is -3.32. The van der Waals surface area contributed by atoms with E-state index in [-0.39, 0.29) is 0 Å². The summed E-state index contributed by atoms with van der Waals surface area (Å²) in [5.41, 5.74) is 4.81. The fourth-order valence-electron chi connectivity index (χ4n) is 6.04. The summed E-state index contributed by atoms with van der Waals surface area (Å²) < 4.78 is 13.6. The van der Waals surface area contributed by atoms with Crippen LogP contribution in [-0.2, 0) is 6.42 Å². The lowest BCUT2D eigenvalue weighted by molar-refractivity contribution is 0.238. The number of ether oxygens (including phenoxy) is 2. The Morgan fingerprint density at radius 1 is 0.805 bits per heavy atom. The van der Waals surface area contributed by atoms with Gasteiger partial charge in [-0.05, 0) is 129 Å². The molecule has 2 saturated heterocycles. The zero-order valence-corrected chi connectivity index (χ0v) is 24.8. The van der Waals surface area contributed by atoms with Crippen molar-refractivity contribution in [3.63, 3.8) is 0 Å². The largest absolute Gasteiger partial charge is 0.492 e. The summed E-state index contributed by atoms with van der Waals surface area (Å²) in [7, 11) is 0. The van der Waals surface area contributed by atoms with Crippen LogP contribution in [0.1, 0.15) is 36.8 Å². The predicted octanol–water partition coefficient (Wildman–Crippen LogP) is 7.66. The third-order valence-electron chi connectivity index (χ3n) is 8.24. The maximum atomic E-state index is 6.21. The molecule has 0 bridgehead atoms.